The fourth-order valence-corrected chi connectivity index (χ4v) is 1.91. The molecule has 108 valence electrons. The van der Waals surface area contributed by atoms with Gasteiger partial charge in [-0.3, -0.25) is 0 Å². The number of rotatable bonds is 2. The second-order valence-corrected chi connectivity index (χ2v) is 4.78. The lowest BCUT2D eigenvalue weighted by Crippen LogP contribution is -2.21. The Morgan fingerprint density at radius 2 is 1.58 bits per heavy atom. The number of benzene rings is 1. The summed E-state index contributed by atoms with van der Waals surface area (Å²) >= 11 is 0. The van der Waals surface area contributed by atoms with Gasteiger partial charge in [0.25, 0.3) is 0 Å². The summed E-state index contributed by atoms with van der Waals surface area (Å²) in [5.74, 6) is -1.20. The molecular formula is C8H5F6NO3S. The molecule has 0 aliphatic rings. The van der Waals surface area contributed by atoms with Gasteiger partial charge in [0, 0.05) is 0 Å². The summed E-state index contributed by atoms with van der Waals surface area (Å²) in [7, 11) is -4.73. The SMILES string of the molecule is NS(=O)(=O)c1ccc(OC(F)(F)F)cc1C(F)(F)F. The largest absolute Gasteiger partial charge is 0.573 e. The van der Waals surface area contributed by atoms with Gasteiger partial charge in [-0.1, -0.05) is 0 Å². The van der Waals surface area contributed by atoms with Gasteiger partial charge in [-0.2, -0.15) is 13.2 Å². The van der Waals surface area contributed by atoms with E-state index in [0.717, 1.165) is 0 Å². The van der Waals surface area contributed by atoms with Crippen LogP contribution in [0.15, 0.2) is 23.1 Å². The van der Waals surface area contributed by atoms with Crippen LogP contribution in [0.4, 0.5) is 26.3 Å². The molecule has 0 bridgehead atoms. The number of ether oxygens (including phenoxy) is 1. The summed E-state index contributed by atoms with van der Waals surface area (Å²) in [4.78, 5) is -1.34. The van der Waals surface area contributed by atoms with Gasteiger partial charge in [-0.25, -0.2) is 13.6 Å². The maximum Gasteiger partial charge on any atom is 0.573 e. The Balaban J connectivity index is 3.41. The minimum Gasteiger partial charge on any atom is -0.406 e. The lowest BCUT2D eigenvalue weighted by atomic mass is 10.2. The normalized spacial score (nSPS) is 13.4. The zero-order valence-electron chi connectivity index (χ0n) is 8.71. The number of alkyl halides is 6. The van der Waals surface area contributed by atoms with Crippen molar-refractivity contribution in [1.82, 2.24) is 0 Å². The molecule has 0 saturated heterocycles. The van der Waals surface area contributed by atoms with Crippen molar-refractivity contribution in [3.63, 3.8) is 0 Å². The van der Waals surface area contributed by atoms with E-state index in [1.54, 1.807) is 0 Å². The Hall–Kier alpha value is -1.49. The molecule has 2 N–H and O–H groups in total. The third-order valence-corrected chi connectivity index (χ3v) is 2.77. The van der Waals surface area contributed by atoms with Crippen LogP contribution < -0.4 is 9.88 Å². The summed E-state index contributed by atoms with van der Waals surface area (Å²) in [6.45, 7) is 0. The summed E-state index contributed by atoms with van der Waals surface area (Å²) in [6.07, 6.45) is -10.4. The van der Waals surface area contributed by atoms with Crippen LogP contribution >= 0.6 is 0 Å². The van der Waals surface area contributed by atoms with Gasteiger partial charge >= 0.3 is 12.5 Å². The van der Waals surface area contributed by atoms with Crippen LogP contribution in [-0.4, -0.2) is 14.8 Å². The number of primary sulfonamides is 1. The molecule has 0 atom stereocenters. The van der Waals surface area contributed by atoms with Crippen molar-refractivity contribution in [2.45, 2.75) is 17.4 Å². The molecule has 0 aliphatic heterocycles. The van der Waals surface area contributed by atoms with Crippen molar-refractivity contribution in [2.75, 3.05) is 0 Å². The van der Waals surface area contributed by atoms with E-state index in [0.29, 0.717) is 12.1 Å². The van der Waals surface area contributed by atoms with Crippen LogP contribution in [0.1, 0.15) is 5.56 Å². The number of sulfonamides is 1. The molecule has 19 heavy (non-hydrogen) atoms. The Morgan fingerprint density at radius 1 is 1.05 bits per heavy atom. The molecular weight excluding hydrogens is 304 g/mol. The molecule has 0 aliphatic carbocycles. The van der Waals surface area contributed by atoms with Crippen molar-refractivity contribution in [2.24, 2.45) is 5.14 Å². The van der Waals surface area contributed by atoms with E-state index in [4.69, 9.17) is 0 Å². The molecule has 0 heterocycles. The van der Waals surface area contributed by atoms with E-state index in [1.165, 1.54) is 0 Å². The first-order chi connectivity index (χ1) is 8.31. The molecule has 11 heteroatoms. The summed E-state index contributed by atoms with van der Waals surface area (Å²) in [6, 6.07) is 0.620. The third kappa shape index (κ3) is 4.28. The number of halogens is 6. The first-order valence-electron chi connectivity index (χ1n) is 4.30. The zero-order valence-corrected chi connectivity index (χ0v) is 9.53. The molecule has 1 aromatic rings. The molecule has 0 radical (unpaired) electrons. The van der Waals surface area contributed by atoms with E-state index in [1.807, 2.05) is 0 Å². The summed E-state index contributed by atoms with van der Waals surface area (Å²) < 4.78 is 98.3. The Bertz CT molecular complexity index is 577. The quantitative estimate of drug-likeness (QED) is 0.852. The highest BCUT2D eigenvalue weighted by Crippen LogP contribution is 2.37. The van der Waals surface area contributed by atoms with Crippen molar-refractivity contribution < 1.29 is 39.5 Å². The molecule has 0 amide bonds. The van der Waals surface area contributed by atoms with E-state index in [9.17, 15) is 34.8 Å². The van der Waals surface area contributed by atoms with Crippen molar-refractivity contribution in [1.29, 1.82) is 0 Å². The Morgan fingerprint density at radius 3 is 1.95 bits per heavy atom. The average molecular weight is 309 g/mol. The highest BCUT2D eigenvalue weighted by molar-refractivity contribution is 7.89. The number of hydrogen-bond acceptors (Lipinski definition) is 3. The lowest BCUT2D eigenvalue weighted by Gasteiger charge is -2.14. The van der Waals surface area contributed by atoms with E-state index in [-0.39, 0.29) is 6.07 Å². The van der Waals surface area contributed by atoms with Gasteiger partial charge < -0.3 is 4.74 Å². The van der Waals surface area contributed by atoms with Gasteiger partial charge in [-0.15, -0.1) is 13.2 Å². The fourth-order valence-electron chi connectivity index (χ4n) is 1.18. The number of nitrogens with two attached hydrogens (primary N) is 1. The van der Waals surface area contributed by atoms with Crippen LogP contribution in [-0.2, 0) is 16.2 Å². The summed E-state index contributed by atoms with van der Waals surface area (Å²) in [5.41, 5.74) is -1.84. The maximum atomic E-state index is 12.5. The topological polar surface area (TPSA) is 69.4 Å². The fraction of sp³-hybridized carbons (Fsp3) is 0.250. The Labute approximate surface area is 102 Å². The molecule has 0 unspecified atom stereocenters. The number of hydrogen-bond donors (Lipinski definition) is 1. The highest BCUT2D eigenvalue weighted by atomic mass is 32.2. The van der Waals surface area contributed by atoms with Crippen LogP contribution in [0, 0.1) is 0 Å². The van der Waals surface area contributed by atoms with E-state index in [2.05, 4.69) is 9.88 Å². The van der Waals surface area contributed by atoms with Gasteiger partial charge in [0.1, 0.15) is 5.75 Å². The van der Waals surface area contributed by atoms with Crippen LogP contribution in [0.25, 0.3) is 0 Å². The average Bonchev–Trinajstić information content (AvgIpc) is 2.11. The van der Waals surface area contributed by atoms with Crippen LogP contribution in [0.5, 0.6) is 5.75 Å². The Kier molecular flexibility index (Phi) is 3.74. The maximum absolute atomic E-state index is 12.5. The smallest absolute Gasteiger partial charge is 0.406 e. The van der Waals surface area contributed by atoms with Gasteiger partial charge in [-0.05, 0) is 18.2 Å². The monoisotopic (exact) mass is 309 g/mol. The molecule has 4 nitrogen and oxygen atoms in total. The minimum absolute atomic E-state index is 0.0900. The zero-order chi connectivity index (χ0) is 15.1. The van der Waals surface area contributed by atoms with E-state index >= 15 is 0 Å². The second kappa shape index (κ2) is 4.56. The van der Waals surface area contributed by atoms with Crippen LogP contribution in [0.3, 0.4) is 0 Å². The minimum atomic E-state index is -5.20. The standard InChI is InChI=1S/C8H5F6NO3S/c9-7(10,11)5-3-4(18-8(12,13)14)1-2-6(5)19(15,16)17/h1-3H,(H2,15,16,17). The molecule has 1 rings (SSSR count). The second-order valence-electron chi connectivity index (χ2n) is 3.25. The molecule has 0 saturated carbocycles. The molecule has 0 aromatic heterocycles. The predicted molar refractivity (Wildman–Crippen MR) is 49.5 cm³/mol. The van der Waals surface area contributed by atoms with Crippen molar-refractivity contribution in [3.05, 3.63) is 23.8 Å². The first-order valence-corrected chi connectivity index (χ1v) is 5.85. The first kappa shape index (κ1) is 15.6. The highest BCUT2D eigenvalue weighted by Gasteiger charge is 2.38. The van der Waals surface area contributed by atoms with Crippen LogP contribution in [0.2, 0.25) is 0 Å². The molecule has 0 fully saturated rings. The van der Waals surface area contributed by atoms with Crippen molar-refractivity contribution in [3.8, 4) is 5.75 Å². The predicted octanol–water partition coefficient (Wildman–Crippen LogP) is 2.25. The summed E-state index contributed by atoms with van der Waals surface area (Å²) in [5, 5.41) is 4.54. The third-order valence-electron chi connectivity index (χ3n) is 1.80. The van der Waals surface area contributed by atoms with Crippen molar-refractivity contribution >= 4 is 10.0 Å². The van der Waals surface area contributed by atoms with E-state index < -0.39 is 38.8 Å². The lowest BCUT2D eigenvalue weighted by molar-refractivity contribution is -0.274. The van der Waals surface area contributed by atoms with Gasteiger partial charge in [0.2, 0.25) is 10.0 Å². The van der Waals surface area contributed by atoms with Gasteiger partial charge in [0.15, 0.2) is 0 Å². The molecule has 0 spiro atoms. The van der Waals surface area contributed by atoms with Gasteiger partial charge in [0.05, 0.1) is 10.5 Å². The molecule has 1 aromatic carbocycles.